The van der Waals surface area contributed by atoms with Gasteiger partial charge in [0, 0.05) is 30.1 Å². The van der Waals surface area contributed by atoms with Gasteiger partial charge in [-0.15, -0.1) is 10.2 Å². The lowest BCUT2D eigenvalue weighted by atomic mass is 9.97. The molecule has 29 heavy (non-hydrogen) atoms. The minimum atomic E-state index is -0.895. The smallest absolute Gasteiger partial charge is 0.268 e. The van der Waals surface area contributed by atoms with Crippen molar-refractivity contribution in [3.05, 3.63) is 41.4 Å². The summed E-state index contributed by atoms with van der Waals surface area (Å²) >= 11 is 0. The highest BCUT2D eigenvalue weighted by Gasteiger charge is 2.29. The summed E-state index contributed by atoms with van der Waals surface area (Å²) in [7, 11) is 2.06. The van der Waals surface area contributed by atoms with E-state index in [1.165, 1.54) is 6.07 Å². The molecule has 0 fully saturated rings. The van der Waals surface area contributed by atoms with Crippen LogP contribution in [-0.2, 0) is 18.5 Å². The van der Waals surface area contributed by atoms with E-state index in [1.807, 2.05) is 20.8 Å². The van der Waals surface area contributed by atoms with Crippen LogP contribution in [0.4, 0.5) is 8.78 Å². The van der Waals surface area contributed by atoms with E-state index in [2.05, 4.69) is 33.6 Å². The van der Waals surface area contributed by atoms with Crippen molar-refractivity contribution in [2.75, 3.05) is 7.05 Å². The predicted molar refractivity (Wildman–Crippen MR) is 105 cm³/mol. The van der Waals surface area contributed by atoms with Gasteiger partial charge in [-0.1, -0.05) is 20.8 Å². The maximum Gasteiger partial charge on any atom is 0.268 e. The Labute approximate surface area is 168 Å². The molecule has 2 aromatic heterocycles. The highest BCUT2D eigenvalue weighted by molar-refractivity contribution is 5.64. The fraction of sp³-hybridized carbons (Fsp3) is 0.476. The minimum absolute atomic E-state index is 0.282. The van der Waals surface area contributed by atoms with Gasteiger partial charge in [0.05, 0.1) is 5.69 Å². The number of rotatable bonds is 2. The van der Waals surface area contributed by atoms with E-state index in [-0.39, 0.29) is 5.41 Å². The molecule has 0 radical (unpaired) electrons. The van der Waals surface area contributed by atoms with Crippen molar-refractivity contribution in [2.24, 2.45) is 0 Å². The van der Waals surface area contributed by atoms with Crippen LogP contribution in [0.25, 0.3) is 23.0 Å². The largest absolute Gasteiger partial charge is 0.419 e. The number of fused-ring (bicyclic) bond motifs is 1. The normalized spacial score (nSPS) is 18.0. The third-order valence-corrected chi connectivity index (χ3v) is 5.44. The molecule has 0 saturated heterocycles. The van der Waals surface area contributed by atoms with Crippen molar-refractivity contribution in [3.63, 3.8) is 0 Å². The average Bonchev–Trinajstić information content (AvgIpc) is 3.24. The van der Waals surface area contributed by atoms with Crippen LogP contribution >= 0.6 is 0 Å². The number of halogens is 2. The van der Waals surface area contributed by atoms with Crippen LogP contribution in [0.2, 0.25) is 0 Å². The van der Waals surface area contributed by atoms with Crippen molar-refractivity contribution in [3.8, 4) is 23.0 Å². The molecule has 0 spiro atoms. The predicted octanol–water partition coefficient (Wildman–Crippen LogP) is 4.40. The average molecular weight is 401 g/mol. The fourth-order valence-corrected chi connectivity index (χ4v) is 3.46. The lowest BCUT2D eigenvalue weighted by molar-refractivity contribution is 0.246. The molecular formula is C21H25F2N5O. The van der Waals surface area contributed by atoms with Gasteiger partial charge in [0.15, 0.2) is 17.3 Å². The van der Waals surface area contributed by atoms with Crippen LogP contribution in [0.5, 0.6) is 0 Å². The Kier molecular flexibility index (Phi) is 4.77. The summed E-state index contributed by atoms with van der Waals surface area (Å²) in [4.78, 5) is 6.99. The summed E-state index contributed by atoms with van der Waals surface area (Å²) < 4.78 is 35.4. The van der Waals surface area contributed by atoms with Gasteiger partial charge < -0.3 is 8.98 Å². The van der Waals surface area contributed by atoms with Gasteiger partial charge in [0.1, 0.15) is 5.82 Å². The molecule has 0 saturated carbocycles. The molecule has 1 aliphatic rings. The number of imidazole rings is 1. The van der Waals surface area contributed by atoms with Gasteiger partial charge in [0.2, 0.25) is 5.89 Å². The Morgan fingerprint density at radius 3 is 2.55 bits per heavy atom. The van der Waals surface area contributed by atoms with Gasteiger partial charge in [-0.2, -0.15) is 0 Å². The number of hydrogen-bond donors (Lipinski definition) is 0. The van der Waals surface area contributed by atoms with E-state index >= 15 is 0 Å². The highest BCUT2D eigenvalue weighted by Crippen LogP contribution is 2.34. The summed E-state index contributed by atoms with van der Waals surface area (Å²) in [5, 5.41) is 8.42. The first-order valence-electron chi connectivity index (χ1n) is 9.74. The van der Waals surface area contributed by atoms with Crippen molar-refractivity contribution in [1.82, 2.24) is 24.6 Å². The second-order valence-electron chi connectivity index (χ2n) is 8.73. The molecule has 3 aromatic rings. The third-order valence-electron chi connectivity index (χ3n) is 5.44. The Morgan fingerprint density at radius 1 is 1.14 bits per heavy atom. The first kappa shape index (κ1) is 19.7. The lowest BCUT2D eigenvalue weighted by Gasteiger charge is -2.20. The molecule has 0 aliphatic carbocycles. The Bertz CT molecular complexity index is 1050. The van der Waals surface area contributed by atoms with E-state index in [4.69, 9.17) is 9.40 Å². The second kappa shape index (κ2) is 7.02. The summed E-state index contributed by atoms with van der Waals surface area (Å²) in [6.45, 7) is 9.52. The quantitative estimate of drug-likeness (QED) is 0.637. The van der Waals surface area contributed by atoms with Crippen molar-refractivity contribution in [2.45, 2.75) is 58.7 Å². The van der Waals surface area contributed by atoms with Crippen molar-refractivity contribution in [1.29, 1.82) is 0 Å². The highest BCUT2D eigenvalue weighted by atomic mass is 19.2. The van der Waals surface area contributed by atoms with Crippen molar-refractivity contribution >= 4 is 0 Å². The molecule has 1 aromatic carbocycles. The van der Waals surface area contributed by atoms with E-state index < -0.39 is 11.6 Å². The van der Waals surface area contributed by atoms with Gasteiger partial charge in [0.25, 0.3) is 5.89 Å². The summed E-state index contributed by atoms with van der Waals surface area (Å²) in [5.41, 5.74) is 1.76. The van der Waals surface area contributed by atoms with E-state index in [0.29, 0.717) is 48.0 Å². The molecule has 1 aliphatic heterocycles. The molecule has 6 nitrogen and oxygen atoms in total. The summed E-state index contributed by atoms with van der Waals surface area (Å²) in [6.07, 6.45) is 0.910. The molecular weight excluding hydrogens is 376 g/mol. The maximum atomic E-state index is 13.9. The Balaban J connectivity index is 1.89. The topological polar surface area (TPSA) is 60.0 Å². The van der Waals surface area contributed by atoms with Gasteiger partial charge in [-0.25, -0.2) is 13.8 Å². The first-order chi connectivity index (χ1) is 13.6. The van der Waals surface area contributed by atoms with Crippen molar-refractivity contribution < 1.29 is 13.2 Å². The van der Waals surface area contributed by atoms with Crippen LogP contribution < -0.4 is 0 Å². The van der Waals surface area contributed by atoms with E-state index in [1.54, 1.807) is 6.07 Å². The zero-order chi connectivity index (χ0) is 20.9. The molecule has 3 heterocycles. The first-order valence-corrected chi connectivity index (χ1v) is 9.74. The van der Waals surface area contributed by atoms with Crippen LogP contribution in [0.3, 0.4) is 0 Å². The monoisotopic (exact) mass is 401 g/mol. The molecule has 8 heteroatoms. The van der Waals surface area contributed by atoms with Gasteiger partial charge >= 0.3 is 0 Å². The van der Waals surface area contributed by atoms with Gasteiger partial charge in [-0.3, -0.25) is 4.90 Å². The molecule has 0 amide bonds. The minimum Gasteiger partial charge on any atom is -0.419 e. The van der Waals surface area contributed by atoms with Crippen LogP contribution in [-0.4, -0.2) is 37.7 Å². The standard InChI is InChI=1S/C21H25F2N5O/c1-12-8-9-28-16(11-27(12)5)17(19-25-26-20(29-19)21(2,3)4)24-18(28)13-6-7-14(22)15(23)10-13/h6-7,10,12H,8-9,11H2,1-5H3. The number of benzene rings is 1. The fourth-order valence-electron chi connectivity index (χ4n) is 3.46. The third kappa shape index (κ3) is 3.57. The number of aromatic nitrogens is 4. The Morgan fingerprint density at radius 2 is 1.90 bits per heavy atom. The summed E-state index contributed by atoms with van der Waals surface area (Å²) in [6, 6.07) is 4.22. The maximum absolute atomic E-state index is 13.9. The zero-order valence-corrected chi connectivity index (χ0v) is 17.3. The molecule has 1 unspecified atom stereocenters. The molecule has 154 valence electrons. The SMILES string of the molecule is CC1CCn2c(-c3ccc(F)c(F)c3)nc(-c3nnc(C(C)(C)C)o3)c2CN1C. The van der Waals surface area contributed by atoms with Crippen LogP contribution in [0.1, 0.15) is 45.7 Å². The second-order valence-corrected chi connectivity index (χ2v) is 8.73. The number of nitrogens with zero attached hydrogens (tertiary/aromatic N) is 5. The van der Waals surface area contributed by atoms with Gasteiger partial charge in [-0.05, 0) is 38.6 Å². The molecule has 0 N–H and O–H groups in total. The summed E-state index contributed by atoms with van der Waals surface area (Å²) in [5.74, 6) is -0.327. The molecule has 1 atom stereocenters. The van der Waals surface area contributed by atoms with E-state index in [0.717, 1.165) is 18.2 Å². The van der Waals surface area contributed by atoms with Crippen LogP contribution in [0.15, 0.2) is 22.6 Å². The van der Waals surface area contributed by atoms with E-state index in [9.17, 15) is 8.78 Å². The molecule has 4 rings (SSSR count). The Hall–Kier alpha value is -2.61. The molecule has 0 bridgehead atoms. The zero-order valence-electron chi connectivity index (χ0n) is 17.3. The van der Waals surface area contributed by atoms with Crippen LogP contribution in [0, 0.1) is 11.6 Å². The number of hydrogen-bond acceptors (Lipinski definition) is 5. The lowest BCUT2D eigenvalue weighted by Crippen LogP contribution is -2.27.